The Bertz CT molecular complexity index is 1540. The molecule has 1 saturated carbocycles. The molecule has 51 heavy (non-hydrogen) atoms. The maximum absolute atomic E-state index is 13.8. The van der Waals surface area contributed by atoms with Gasteiger partial charge in [-0.1, -0.05) is 63.8 Å². The summed E-state index contributed by atoms with van der Waals surface area (Å²) in [5, 5.41) is 24.2. The molecular weight excluding hydrogens is 660 g/mol. The molecule has 12 nitrogen and oxygen atoms in total. The summed E-state index contributed by atoms with van der Waals surface area (Å²) in [7, 11) is 0. The number of rotatable bonds is 14. The number of hydrogen-bond acceptors (Lipinski definition) is 12. The lowest BCUT2D eigenvalue weighted by molar-refractivity contribution is -0.209. The van der Waals surface area contributed by atoms with Crippen LogP contribution in [0.1, 0.15) is 117 Å². The maximum atomic E-state index is 13.8. The molecule has 0 spiro atoms. The van der Waals surface area contributed by atoms with Crippen molar-refractivity contribution in [1.29, 1.82) is 0 Å². The number of carbonyl (C=O) groups excluding carboxylic acids is 5. The number of aliphatic hydroxyl groups is 2. The SMILES string of the molecule is C/C=C(/C)C(=O)O[C@H]1C(C)=C2[C@H]([C@@H]1OC(=O)CCCCCCC)[C@@](C)(OC(=O)c1ccccc1)C[C@H](OC(=O)CCC)[C@@]1(O)[C@H]2OC(=O)[C@@]1(C)O. The van der Waals surface area contributed by atoms with Gasteiger partial charge < -0.3 is 33.9 Å². The van der Waals surface area contributed by atoms with Crippen molar-refractivity contribution in [3.63, 3.8) is 0 Å². The molecule has 1 aliphatic heterocycles. The highest BCUT2D eigenvalue weighted by atomic mass is 16.6. The first kappa shape index (κ1) is 39.8. The Kier molecular flexibility index (Phi) is 12.6. The monoisotopic (exact) mass is 712 g/mol. The Morgan fingerprint density at radius 3 is 2.20 bits per heavy atom. The van der Waals surface area contributed by atoms with E-state index >= 15 is 0 Å². The summed E-state index contributed by atoms with van der Waals surface area (Å²) in [6.07, 6.45) is -0.0429. The molecular formula is C39H52O12. The topological polar surface area (TPSA) is 172 Å². The van der Waals surface area contributed by atoms with Crippen molar-refractivity contribution in [2.75, 3.05) is 0 Å². The number of ether oxygens (including phenoxy) is 5. The van der Waals surface area contributed by atoms with E-state index in [0.717, 1.165) is 32.6 Å². The van der Waals surface area contributed by atoms with E-state index < -0.39 is 83.4 Å². The molecule has 0 aromatic heterocycles. The first-order chi connectivity index (χ1) is 24.1. The van der Waals surface area contributed by atoms with Crippen LogP contribution in [0.3, 0.4) is 0 Å². The van der Waals surface area contributed by atoms with Crippen molar-refractivity contribution in [2.45, 2.75) is 147 Å². The zero-order valence-electron chi connectivity index (χ0n) is 30.7. The molecule has 280 valence electrons. The molecule has 2 fully saturated rings. The highest BCUT2D eigenvalue weighted by Crippen LogP contribution is 2.57. The van der Waals surface area contributed by atoms with Gasteiger partial charge in [0.25, 0.3) is 0 Å². The van der Waals surface area contributed by atoms with E-state index in [1.807, 2.05) is 0 Å². The molecule has 4 rings (SSSR count). The Hall–Kier alpha value is -4.03. The van der Waals surface area contributed by atoms with Crippen LogP contribution in [0.25, 0.3) is 0 Å². The average Bonchev–Trinajstić information content (AvgIpc) is 3.42. The summed E-state index contributed by atoms with van der Waals surface area (Å²) in [5.74, 6) is -5.18. The van der Waals surface area contributed by atoms with Crippen LogP contribution in [-0.2, 0) is 42.9 Å². The Morgan fingerprint density at radius 1 is 0.922 bits per heavy atom. The van der Waals surface area contributed by atoms with Gasteiger partial charge in [0.15, 0.2) is 29.5 Å². The van der Waals surface area contributed by atoms with Crippen molar-refractivity contribution >= 4 is 29.8 Å². The van der Waals surface area contributed by atoms with Gasteiger partial charge in [-0.05, 0) is 70.7 Å². The van der Waals surface area contributed by atoms with Gasteiger partial charge in [0.1, 0.15) is 11.7 Å². The summed E-state index contributed by atoms with van der Waals surface area (Å²) in [4.78, 5) is 67.1. The normalized spacial score (nSPS) is 31.6. The number of esters is 5. The molecule has 2 aliphatic carbocycles. The average molecular weight is 713 g/mol. The molecule has 0 bridgehead atoms. The van der Waals surface area contributed by atoms with Crippen LogP contribution >= 0.6 is 0 Å². The van der Waals surface area contributed by atoms with E-state index in [9.17, 15) is 34.2 Å². The number of fused-ring (bicyclic) bond motifs is 3. The third-order valence-corrected chi connectivity index (χ3v) is 10.5. The molecule has 3 aliphatic rings. The summed E-state index contributed by atoms with van der Waals surface area (Å²) < 4.78 is 30.1. The molecule has 12 heteroatoms. The molecule has 0 amide bonds. The number of allylic oxidation sites excluding steroid dienone is 1. The largest absolute Gasteiger partial charge is 0.459 e. The second-order valence-corrected chi connectivity index (χ2v) is 14.2. The van der Waals surface area contributed by atoms with Gasteiger partial charge in [0.2, 0.25) is 0 Å². The van der Waals surface area contributed by atoms with E-state index in [2.05, 4.69) is 6.92 Å². The fourth-order valence-electron chi connectivity index (χ4n) is 7.42. The molecule has 1 aromatic rings. The van der Waals surface area contributed by atoms with Crippen molar-refractivity contribution < 1.29 is 57.9 Å². The Balaban J connectivity index is 1.92. The number of carbonyl (C=O) groups is 5. The smallest absolute Gasteiger partial charge is 0.341 e. The van der Waals surface area contributed by atoms with Crippen LogP contribution in [0.4, 0.5) is 0 Å². The van der Waals surface area contributed by atoms with E-state index in [-0.39, 0.29) is 35.1 Å². The lowest BCUT2D eigenvalue weighted by Crippen LogP contribution is -2.64. The van der Waals surface area contributed by atoms with E-state index in [1.165, 1.54) is 0 Å². The molecule has 1 heterocycles. The predicted molar refractivity (Wildman–Crippen MR) is 184 cm³/mol. The second kappa shape index (κ2) is 16.1. The molecule has 2 N–H and O–H groups in total. The first-order valence-corrected chi connectivity index (χ1v) is 17.9. The Morgan fingerprint density at radius 2 is 1.57 bits per heavy atom. The minimum atomic E-state index is -2.61. The third kappa shape index (κ3) is 7.77. The zero-order chi connectivity index (χ0) is 37.7. The molecule has 0 unspecified atom stereocenters. The van der Waals surface area contributed by atoms with Gasteiger partial charge >= 0.3 is 29.8 Å². The molecule has 1 saturated heterocycles. The minimum absolute atomic E-state index is 0.0410. The predicted octanol–water partition coefficient (Wildman–Crippen LogP) is 5.22. The van der Waals surface area contributed by atoms with Crippen LogP contribution in [0, 0.1) is 5.92 Å². The molecule has 1 aromatic carbocycles. The van der Waals surface area contributed by atoms with E-state index in [4.69, 9.17) is 23.7 Å². The number of benzene rings is 1. The summed E-state index contributed by atoms with van der Waals surface area (Å²) in [5.41, 5.74) is -6.15. The summed E-state index contributed by atoms with van der Waals surface area (Å²) in [6.45, 7) is 11.3. The van der Waals surface area contributed by atoms with Crippen molar-refractivity contribution in [2.24, 2.45) is 5.92 Å². The quantitative estimate of drug-likeness (QED) is 0.0848. The van der Waals surface area contributed by atoms with Crippen LogP contribution < -0.4 is 0 Å². The number of hydrogen-bond donors (Lipinski definition) is 2. The van der Waals surface area contributed by atoms with Gasteiger partial charge in [-0.3, -0.25) is 9.59 Å². The zero-order valence-corrected chi connectivity index (χ0v) is 30.7. The third-order valence-electron chi connectivity index (χ3n) is 10.5. The molecule has 8 atom stereocenters. The van der Waals surface area contributed by atoms with Gasteiger partial charge in [-0.25, -0.2) is 14.4 Å². The van der Waals surface area contributed by atoms with Crippen molar-refractivity contribution in [3.05, 3.63) is 58.7 Å². The van der Waals surface area contributed by atoms with Gasteiger partial charge in [-0.2, -0.15) is 0 Å². The first-order valence-electron chi connectivity index (χ1n) is 17.9. The number of unbranched alkanes of at least 4 members (excludes halogenated alkanes) is 4. The Labute approximate surface area is 299 Å². The maximum Gasteiger partial charge on any atom is 0.341 e. The summed E-state index contributed by atoms with van der Waals surface area (Å²) >= 11 is 0. The second-order valence-electron chi connectivity index (χ2n) is 14.2. The van der Waals surface area contributed by atoms with E-state index in [1.54, 1.807) is 71.0 Å². The fourth-order valence-corrected chi connectivity index (χ4v) is 7.42. The van der Waals surface area contributed by atoms with Gasteiger partial charge in [0.05, 0.1) is 11.5 Å². The van der Waals surface area contributed by atoms with Crippen LogP contribution in [0.2, 0.25) is 0 Å². The summed E-state index contributed by atoms with van der Waals surface area (Å²) in [6, 6.07) is 8.13. The van der Waals surface area contributed by atoms with Crippen LogP contribution in [-0.4, -0.2) is 81.3 Å². The van der Waals surface area contributed by atoms with Crippen molar-refractivity contribution in [1.82, 2.24) is 0 Å². The standard InChI is InChI=1S/C39H52O12/c1-8-11-12-13-17-21-28(41)48-32-30-29(24(5)31(32)49-34(42)23(4)10-3)33-39(46,38(7,45)36(44)50-33)26(47-27(40)18-9-2)22-37(30,6)51-35(43)25-19-15-14-16-20-25/h10,14-16,19-20,26,30-33,45-46H,8-9,11-13,17-18,21-22H2,1-7H3/b23-10-/t26-,30+,31-,32-,33-,37-,38+,39+/m0/s1. The lowest BCUT2D eigenvalue weighted by atomic mass is 9.75. The highest BCUT2D eigenvalue weighted by Gasteiger charge is 2.76. The van der Waals surface area contributed by atoms with Crippen molar-refractivity contribution in [3.8, 4) is 0 Å². The van der Waals surface area contributed by atoms with Gasteiger partial charge in [-0.15, -0.1) is 0 Å². The minimum Gasteiger partial charge on any atom is -0.459 e. The lowest BCUT2D eigenvalue weighted by Gasteiger charge is -2.42. The van der Waals surface area contributed by atoms with Crippen LogP contribution in [0.15, 0.2) is 53.1 Å². The van der Waals surface area contributed by atoms with Gasteiger partial charge in [0, 0.05) is 24.8 Å². The fraction of sp³-hybridized carbons (Fsp3) is 0.615. The van der Waals surface area contributed by atoms with Crippen LogP contribution in [0.5, 0.6) is 0 Å². The molecule has 0 radical (unpaired) electrons. The highest BCUT2D eigenvalue weighted by molar-refractivity contribution is 5.90. The van der Waals surface area contributed by atoms with E-state index in [0.29, 0.717) is 12.8 Å².